The predicted molar refractivity (Wildman–Crippen MR) is 108 cm³/mol. The van der Waals surface area contributed by atoms with Gasteiger partial charge in [-0.3, -0.25) is 13.9 Å². The zero-order valence-electron chi connectivity index (χ0n) is 16.4. The first-order valence-corrected chi connectivity index (χ1v) is 10.8. The van der Waals surface area contributed by atoms with Crippen molar-refractivity contribution in [1.29, 1.82) is 0 Å². The molecule has 3 atom stereocenters. The van der Waals surface area contributed by atoms with Crippen LogP contribution in [0.5, 0.6) is 0 Å². The Kier molecular flexibility index (Phi) is 9.80. The summed E-state index contributed by atoms with van der Waals surface area (Å²) in [4.78, 5) is 44.6. The fourth-order valence-corrected chi connectivity index (χ4v) is 4.31. The Bertz CT molecular complexity index is 749. The second-order valence-electron chi connectivity index (χ2n) is 6.82. The zero-order chi connectivity index (χ0) is 22.0. The molecule has 0 saturated heterocycles. The van der Waals surface area contributed by atoms with Gasteiger partial charge in [-0.05, 0) is 17.9 Å². The number of hydrogen-bond acceptors (Lipinski definition) is 5. The molecule has 1 aromatic rings. The van der Waals surface area contributed by atoms with Crippen LogP contribution in [0.25, 0.3) is 0 Å². The molecular weight excluding hydrogens is 401 g/mol. The van der Waals surface area contributed by atoms with Crippen LogP contribution in [0.4, 0.5) is 4.79 Å². The van der Waals surface area contributed by atoms with Gasteiger partial charge in [-0.1, -0.05) is 44.2 Å². The molecule has 0 aliphatic carbocycles. The number of aryl methyl sites for hydroxylation is 1. The Labute approximate surface area is 170 Å². The monoisotopic (exact) mass is 431 g/mol. The maximum absolute atomic E-state index is 12.7. The summed E-state index contributed by atoms with van der Waals surface area (Å²) in [5.74, 6) is -3.70. The van der Waals surface area contributed by atoms with E-state index in [0.717, 1.165) is 5.56 Å². The summed E-state index contributed by atoms with van der Waals surface area (Å²) < 4.78 is 17.7. The molecule has 0 aromatic heterocycles. The molecule has 0 bridgehead atoms. The number of nitrogens with one attached hydrogen (secondary N) is 2. The standard InChI is InChI=1S/C18H28N3O7P.H2/c1-12(2)16(21-15(22)9-8-13-6-4-3-5-7-13)29(26,27)28-14(17(23)24)10-11-20-18(19)25;/h3-7,12,14,16H,8-11H2,1-2H3,(H,21,22)(H,23,24)(H,26,27)(H3,19,20,25);1H. The molecule has 0 aliphatic heterocycles. The van der Waals surface area contributed by atoms with Crippen molar-refractivity contribution in [1.82, 2.24) is 10.6 Å². The summed E-state index contributed by atoms with van der Waals surface area (Å²) >= 11 is 0. The number of carbonyl (C=O) groups is 3. The van der Waals surface area contributed by atoms with Gasteiger partial charge in [0.2, 0.25) is 5.91 Å². The van der Waals surface area contributed by atoms with Gasteiger partial charge >= 0.3 is 19.6 Å². The molecule has 0 saturated carbocycles. The van der Waals surface area contributed by atoms with E-state index in [1.165, 1.54) is 0 Å². The van der Waals surface area contributed by atoms with E-state index in [1.54, 1.807) is 13.8 Å². The van der Waals surface area contributed by atoms with Gasteiger partial charge in [-0.15, -0.1) is 0 Å². The fourth-order valence-electron chi connectivity index (χ4n) is 2.56. The van der Waals surface area contributed by atoms with Gasteiger partial charge in [0.15, 0.2) is 6.10 Å². The topological polar surface area (TPSA) is 168 Å². The van der Waals surface area contributed by atoms with Crippen LogP contribution >= 0.6 is 7.60 Å². The van der Waals surface area contributed by atoms with Crippen LogP contribution in [0, 0.1) is 5.92 Å². The van der Waals surface area contributed by atoms with E-state index in [4.69, 9.17) is 10.3 Å². The molecule has 3 unspecified atom stereocenters. The number of rotatable bonds is 12. The largest absolute Gasteiger partial charge is 0.479 e. The number of amides is 3. The lowest BCUT2D eigenvalue weighted by Crippen LogP contribution is -2.41. The summed E-state index contributed by atoms with van der Waals surface area (Å²) in [5.41, 5.74) is 5.85. The molecule has 164 valence electrons. The Hall–Kier alpha value is -2.42. The van der Waals surface area contributed by atoms with E-state index in [0.29, 0.717) is 6.42 Å². The quantitative estimate of drug-likeness (QED) is 0.314. The molecule has 0 radical (unpaired) electrons. The third-order valence-electron chi connectivity index (χ3n) is 4.03. The number of primary amides is 1. The average molecular weight is 431 g/mol. The van der Waals surface area contributed by atoms with Crippen molar-refractivity contribution in [2.75, 3.05) is 6.54 Å². The van der Waals surface area contributed by atoms with E-state index >= 15 is 0 Å². The summed E-state index contributed by atoms with van der Waals surface area (Å²) in [5, 5.41) is 13.9. The van der Waals surface area contributed by atoms with Crippen molar-refractivity contribution in [2.45, 2.75) is 45.0 Å². The first-order valence-electron chi connectivity index (χ1n) is 9.13. The second kappa shape index (κ2) is 11.5. The van der Waals surface area contributed by atoms with Crippen molar-refractivity contribution < 1.29 is 34.9 Å². The van der Waals surface area contributed by atoms with Crippen LogP contribution in [-0.2, 0) is 25.1 Å². The maximum Gasteiger partial charge on any atom is 0.351 e. The van der Waals surface area contributed by atoms with Crippen molar-refractivity contribution in [3.05, 3.63) is 35.9 Å². The smallest absolute Gasteiger partial charge is 0.351 e. The molecule has 0 spiro atoms. The molecule has 0 heterocycles. The number of nitrogens with two attached hydrogens (primary N) is 1. The third kappa shape index (κ3) is 9.08. The van der Waals surface area contributed by atoms with Crippen LogP contribution in [0.3, 0.4) is 0 Å². The summed E-state index contributed by atoms with van der Waals surface area (Å²) in [7, 11) is -4.54. The highest BCUT2D eigenvalue weighted by atomic mass is 31.2. The molecule has 3 amide bonds. The van der Waals surface area contributed by atoms with E-state index in [1.807, 2.05) is 30.3 Å². The van der Waals surface area contributed by atoms with Gasteiger partial charge in [0.1, 0.15) is 5.78 Å². The molecule has 1 aromatic carbocycles. The predicted octanol–water partition coefficient (Wildman–Crippen LogP) is 1.68. The third-order valence-corrected chi connectivity index (χ3v) is 6.02. The highest BCUT2D eigenvalue weighted by molar-refractivity contribution is 7.53. The highest BCUT2D eigenvalue weighted by Gasteiger charge is 2.40. The Morgan fingerprint density at radius 2 is 1.86 bits per heavy atom. The first kappa shape index (κ1) is 24.6. The van der Waals surface area contributed by atoms with Crippen LogP contribution < -0.4 is 16.4 Å². The maximum atomic E-state index is 12.7. The Balaban J connectivity index is 0.00000841. The van der Waals surface area contributed by atoms with Gasteiger partial charge in [-0.25, -0.2) is 9.59 Å². The van der Waals surface area contributed by atoms with Crippen LogP contribution in [-0.4, -0.2) is 46.3 Å². The van der Waals surface area contributed by atoms with Crippen LogP contribution in [0.1, 0.15) is 33.7 Å². The van der Waals surface area contributed by atoms with Gasteiger partial charge in [0, 0.05) is 20.8 Å². The minimum atomic E-state index is -4.54. The van der Waals surface area contributed by atoms with Crippen molar-refractivity contribution in [3.63, 3.8) is 0 Å². The van der Waals surface area contributed by atoms with E-state index in [9.17, 15) is 28.9 Å². The first-order chi connectivity index (χ1) is 13.5. The lowest BCUT2D eigenvalue weighted by molar-refractivity contribution is -0.145. The molecule has 0 fully saturated rings. The van der Waals surface area contributed by atoms with Crippen LogP contribution in [0.2, 0.25) is 0 Å². The molecule has 1 rings (SSSR count). The second-order valence-corrected chi connectivity index (χ2v) is 8.71. The number of carbonyl (C=O) groups excluding carboxylic acids is 2. The minimum absolute atomic E-state index is 0. The normalized spacial score (nSPS) is 15.2. The van der Waals surface area contributed by atoms with Crippen molar-refractivity contribution in [2.24, 2.45) is 11.7 Å². The lowest BCUT2D eigenvalue weighted by atomic mass is 10.1. The summed E-state index contributed by atoms with van der Waals surface area (Å²) in [6.07, 6.45) is -1.38. The molecule has 0 aliphatic rings. The van der Waals surface area contributed by atoms with Crippen molar-refractivity contribution in [3.8, 4) is 0 Å². The summed E-state index contributed by atoms with van der Waals surface area (Å²) in [6, 6.07) is 8.43. The Morgan fingerprint density at radius 3 is 2.38 bits per heavy atom. The number of carboxylic acids is 1. The molecular formula is C18H30N3O7P. The number of carboxylic acid groups (broad SMARTS) is 1. The van der Waals surface area contributed by atoms with E-state index in [2.05, 4.69) is 10.6 Å². The van der Waals surface area contributed by atoms with E-state index < -0.39 is 43.3 Å². The number of urea groups is 1. The lowest BCUT2D eigenvalue weighted by Gasteiger charge is -2.28. The average Bonchev–Trinajstić information content (AvgIpc) is 2.63. The van der Waals surface area contributed by atoms with Gasteiger partial charge in [0.25, 0.3) is 0 Å². The molecule has 10 nitrogen and oxygen atoms in total. The zero-order valence-corrected chi connectivity index (χ0v) is 17.3. The van der Waals surface area contributed by atoms with Gasteiger partial charge in [0.05, 0.1) is 0 Å². The number of hydrogen-bond donors (Lipinski definition) is 5. The van der Waals surface area contributed by atoms with Gasteiger partial charge in [-0.2, -0.15) is 0 Å². The molecule has 6 N–H and O–H groups in total. The summed E-state index contributed by atoms with van der Waals surface area (Å²) in [6.45, 7) is 3.07. The van der Waals surface area contributed by atoms with Crippen LogP contribution in [0.15, 0.2) is 30.3 Å². The highest BCUT2D eigenvalue weighted by Crippen LogP contribution is 2.50. The number of benzene rings is 1. The van der Waals surface area contributed by atoms with Crippen molar-refractivity contribution >= 4 is 25.5 Å². The minimum Gasteiger partial charge on any atom is -0.479 e. The SMILES string of the molecule is CC(C)C(NC(=O)CCc1ccccc1)P(=O)(O)OC(CCNC(N)=O)C(=O)O.[HH]. The molecule has 11 heteroatoms. The Morgan fingerprint density at radius 1 is 1.24 bits per heavy atom. The number of aliphatic carboxylic acids is 1. The fraction of sp³-hybridized carbons (Fsp3) is 0.500. The van der Waals surface area contributed by atoms with Gasteiger partial charge < -0.3 is 26.4 Å². The molecule has 29 heavy (non-hydrogen) atoms. The van der Waals surface area contributed by atoms with E-state index in [-0.39, 0.29) is 20.8 Å².